The van der Waals surface area contributed by atoms with E-state index in [1.165, 1.54) is 0 Å². The Kier molecular flexibility index (Phi) is 7.83. The highest BCUT2D eigenvalue weighted by Crippen LogP contribution is 2.28. The van der Waals surface area contributed by atoms with Crippen LogP contribution >= 0.6 is 12.4 Å². The van der Waals surface area contributed by atoms with Gasteiger partial charge >= 0.3 is 0 Å². The average Bonchev–Trinajstić information content (AvgIpc) is 2.55. The van der Waals surface area contributed by atoms with Crippen molar-refractivity contribution in [2.75, 3.05) is 31.2 Å². The van der Waals surface area contributed by atoms with Gasteiger partial charge in [0.25, 0.3) is 0 Å². The summed E-state index contributed by atoms with van der Waals surface area (Å²) in [7, 11) is -3.60. The average molecular weight is 418 g/mol. The molecule has 9 heteroatoms. The van der Waals surface area contributed by atoms with Crippen molar-refractivity contribution >= 4 is 39.7 Å². The second kappa shape index (κ2) is 9.03. The summed E-state index contributed by atoms with van der Waals surface area (Å²) in [6, 6.07) is 3.93. The SMILES string of the molecule is Cc1cc(C)c(NC(=O)CNC(=O)C2(S(C)(=O)=O)CCNCC2)c(C)c1.Cl. The third-order valence-corrected chi connectivity index (χ3v) is 6.90. The molecule has 152 valence electrons. The number of rotatable bonds is 5. The van der Waals surface area contributed by atoms with E-state index in [4.69, 9.17) is 0 Å². The van der Waals surface area contributed by atoms with Gasteiger partial charge < -0.3 is 16.0 Å². The lowest BCUT2D eigenvalue weighted by molar-refractivity contribution is -0.126. The number of hydrogen-bond donors (Lipinski definition) is 3. The smallest absolute Gasteiger partial charge is 0.243 e. The molecule has 0 aromatic heterocycles. The van der Waals surface area contributed by atoms with E-state index in [2.05, 4.69) is 16.0 Å². The molecule has 0 spiro atoms. The Morgan fingerprint density at radius 3 is 2.11 bits per heavy atom. The molecule has 0 aliphatic carbocycles. The Balaban J connectivity index is 0.00000364. The molecule has 1 aromatic rings. The minimum Gasteiger partial charge on any atom is -0.346 e. The van der Waals surface area contributed by atoms with Crippen molar-refractivity contribution in [3.8, 4) is 0 Å². The van der Waals surface area contributed by atoms with E-state index in [0.29, 0.717) is 13.1 Å². The lowest BCUT2D eigenvalue weighted by Crippen LogP contribution is -2.58. The van der Waals surface area contributed by atoms with Crippen molar-refractivity contribution in [2.45, 2.75) is 38.4 Å². The summed E-state index contributed by atoms with van der Waals surface area (Å²) in [6.45, 7) is 6.43. The van der Waals surface area contributed by atoms with Gasteiger partial charge in [-0.25, -0.2) is 8.42 Å². The first-order valence-electron chi connectivity index (χ1n) is 8.63. The van der Waals surface area contributed by atoms with E-state index in [1.807, 2.05) is 32.9 Å². The number of sulfone groups is 1. The summed E-state index contributed by atoms with van der Waals surface area (Å²) in [5.41, 5.74) is 3.70. The Morgan fingerprint density at radius 1 is 1.11 bits per heavy atom. The van der Waals surface area contributed by atoms with Gasteiger partial charge in [-0.1, -0.05) is 17.7 Å². The quantitative estimate of drug-likeness (QED) is 0.668. The molecule has 0 atom stereocenters. The zero-order valence-corrected chi connectivity index (χ0v) is 17.8. The maximum absolute atomic E-state index is 12.6. The standard InChI is InChI=1S/C18H27N3O4S.ClH/c1-12-9-13(2)16(14(3)10-12)21-15(22)11-20-17(23)18(26(4,24)25)5-7-19-8-6-18;/h9-10,19H,5-8,11H2,1-4H3,(H,20,23)(H,21,22);1H. The van der Waals surface area contributed by atoms with Crippen molar-refractivity contribution in [3.05, 3.63) is 28.8 Å². The Hall–Kier alpha value is -1.64. The number of benzene rings is 1. The van der Waals surface area contributed by atoms with Gasteiger partial charge in [0, 0.05) is 11.9 Å². The molecule has 2 amide bonds. The Bertz CT molecular complexity index is 795. The molecule has 0 radical (unpaired) electrons. The van der Waals surface area contributed by atoms with Crippen LogP contribution in [0.5, 0.6) is 0 Å². The van der Waals surface area contributed by atoms with E-state index in [0.717, 1.165) is 28.6 Å². The van der Waals surface area contributed by atoms with Crippen LogP contribution in [0.4, 0.5) is 5.69 Å². The van der Waals surface area contributed by atoms with E-state index in [1.54, 1.807) is 0 Å². The minimum absolute atomic E-state index is 0. The summed E-state index contributed by atoms with van der Waals surface area (Å²) in [5.74, 6) is -0.986. The molecule has 1 saturated heterocycles. The first-order valence-corrected chi connectivity index (χ1v) is 10.5. The van der Waals surface area contributed by atoms with Gasteiger partial charge in [0.15, 0.2) is 14.6 Å². The molecule has 1 aliphatic rings. The molecule has 7 nitrogen and oxygen atoms in total. The number of halogens is 1. The lowest BCUT2D eigenvalue weighted by Gasteiger charge is -2.34. The normalized spacial score (nSPS) is 16.1. The fourth-order valence-corrected chi connectivity index (χ4v) is 4.83. The first kappa shape index (κ1) is 23.4. The van der Waals surface area contributed by atoms with Crippen LogP contribution in [0, 0.1) is 20.8 Å². The molecule has 1 fully saturated rings. The molecule has 1 aromatic carbocycles. The molecule has 27 heavy (non-hydrogen) atoms. The molecular weight excluding hydrogens is 390 g/mol. The third-order valence-electron chi connectivity index (χ3n) is 4.89. The topological polar surface area (TPSA) is 104 Å². The molecule has 2 rings (SSSR count). The largest absolute Gasteiger partial charge is 0.346 e. The first-order chi connectivity index (χ1) is 12.1. The molecule has 1 aliphatic heterocycles. The number of carbonyl (C=O) groups excluding carboxylic acids is 2. The summed E-state index contributed by atoms with van der Waals surface area (Å²) in [5, 5.41) is 8.37. The van der Waals surface area contributed by atoms with Crippen LogP contribution in [-0.2, 0) is 19.4 Å². The van der Waals surface area contributed by atoms with Crippen molar-refractivity contribution in [2.24, 2.45) is 0 Å². The number of anilines is 1. The van der Waals surface area contributed by atoms with Crippen LogP contribution in [0.3, 0.4) is 0 Å². The number of nitrogens with one attached hydrogen (secondary N) is 3. The van der Waals surface area contributed by atoms with Gasteiger partial charge in [-0.3, -0.25) is 9.59 Å². The van der Waals surface area contributed by atoms with Crippen LogP contribution < -0.4 is 16.0 Å². The summed E-state index contributed by atoms with van der Waals surface area (Å²) >= 11 is 0. The van der Waals surface area contributed by atoms with E-state index in [-0.39, 0.29) is 37.7 Å². The van der Waals surface area contributed by atoms with Crippen LogP contribution in [0.25, 0.3) is 0 Å². The van der Waals surface area contributed by atoms with Gasteiger partial charge in [-0.05, 0) is 57.8 Å². The predicted octanol–water partition coefficient (Wildman–Crippen LogP) is 1.26. The molecular formula is C18H28ClN3O4S. The number of carbonyl (C=O) groups is 2. The zero-order valence-electron chi connectivity index (χ0n) is 16.1. The summed E-state index contributed by atoms with van der Waals surface area (Å²) < 4.78 is 23.0. The fraction of sp³-hybridized carbons (Fsp3) is 0.556. The zero-order chi connectivity index (χ0) is 19.5. The highest BCUT2D eigenvalue weighted by Gasteiger charge is 2.48. The van der Waals surface area contributed by atoms with Gasteiger partial charge in [0.05, 0.1) is 6.54 Å². The van der Waals surface area contributed by atoms with Crippen LogP contribution in [0.15, 0.2) is 12.1 Å². The lowest BCUT2D eigenvalue weighted by atomic mass is 9.96. The molecule has 0 unspecified atom stereocenters. The molecule has 0 saturated carbocycles. The fourth-order valence-electron chi connectivity index (χ4n) is 3.48. The van der Waals surface area contributed by atoms with Crippen molar-refractivity contribution in [3.63, 3.8) is 0 Å². The van der Waals surface area contributed by atoms with Crippen molar-refractivity contribution in [1.82, 2.24) is 10.6 Å². The van der Waals surface area contributed by atoms with E-state index >= 15 is 0 Å². The monoisotopic (exact) mass is 417 g/mol. The Morgan fingerprint density at radius 2 is 1.63 bits per heavy atom. The second-order valence-corrected chi connectivity index (χ2v) is 9.35. The maximum atomic E-state index is 12.6. The predicted molar refractivity (Wildman–Crippen MR) is 109 cm³/mol. The number of aryl methyl sites for hydroxylation is 3. The summed E-state index contributed by atoms with van der Waals surface area (Å²) in [4.78, 5) is 24.9. The number of hydrogen-bond acceptors (Lipinski definition) is 5. The second-order valence-electron chi connectivity index (χ2n) is 7.02. The van der Waals surface area contributed by atoms with E-state index < -0.39 is 20.5 Å². The van der Waals surface area contributed by atoms with Crippen LogP contribution in [0.2, 0.25) is 0 Å². The molecule has 0 bridgehead atoms. The third kappa shape index (κ3) is 5.21. The van der Waals surface area contributed by atoms with Crippen molar-refractivity contribution < 1.29 is 18.0 Å². The van der Waals surface area contributed by atoms with Gasteiger partial charge in [-0.15, -0.1) is 12.4 Å². The number of piperidine rings is 1. The van der Waals surface area contributed by atoms with Crippen molar-refractivity contribution in [1.29, 1.82) is 0 Å². The molecule has 1 heterocycles. The maximum Gasteiger partial charge on any atom is 0.243 e. The van der Waals surface area contributed by atoms with Gasteiger partial charge in [0.1, 0.15) is 0 Å². The highest BCUT2D eigenvalue weighted by molar-refractivity contribution is 7.92. The summed E-state index contributed by atoms with van der Waals surface area (Å²) in [6.07, 6.45) is 1.49. The van der Waals surface area contributed by atoms with Gasteiger partial charge in [-0.2, -0.15) is 0 Å². The molecule has 3 N–H and O–H groups in total. The van der Waals surface area contributed by atoms with Gasteiger partial charge in [0.2, 0.25) is 11.8 Å². The minimum atomic E-state index is -3.60. The highest BCUT2D eigenvalue weighted by atomic mass is 35.5. The van der Waals surface area contributed by atoms with E-state index in [9.17, 15) is 18.0 Å². The Labute approximate surface area is 167 Å². The number of amides is 2. The van der Waals surface area contributed by atoms with Crippen LogP contribution in [0.1, 0.15) is 29.5 Å². The van der Waals surface area contributed by atoms with Crippen LogP contribution in [-0.4, -0.2) is 50.9 Å².